The molecule has 1 saturated heterocycles. The standard InChI is InChI=1S/C14H21N3O2/c18-14(19)13-6-3-8-16(13)10-11-7-9-17(15-11)12-4-1-2-5-12/h7,9,12-13H,1-6,8,10H2,(H,18,19). The van der Waals surface area contributed by atoms with E-state index in [1.165, 1.54) is 25.7 Å². The zero-order valence-electron chi connectivity index (χ0n) is 11.2. The van der Waals surface area contributed by atoms with Crippen LogP contribution >= 0.6 is 0 Å². The number of hydrogen-bond donors (Lipinski definition) is 1. The van der Waals surface area contributed by atoms with Crippen LogP contribution in [0.1, 0.15) is 50.3 Å². The summed E-state index contributed by atoms with van der Waals surface area (Å²) in [6.07, 6.45) is 8.83. The van der Waals surface area contributed by atoms with Gasteiger partial charge in [0, 0.05) is 12.7 Å². The first-order valence-corrected chi connectivity index (χ1v) is 7.25. The fraction of sp³-hybridized carbons (Fsp3) is 0.714. The topological polar surface area (TPSA) is 58.4 Å². The number of nitrogens with zero attached hydrogens (tertiary/aromatic N) is 3. The van der Waals surface area contributed by atoms with Gasteiger partial charge in [0.2, 0.25) is 0 Å². The first kappa shape index (κ1) is 12.7. The molecule has 1 unspecified atom stereocenters. The second-order valence-electron chi connectivity index (χ2n) is 5.69. The van der Waals surface area contributed by atoms with Crippen LogP contribution in [0, 0.1) is 0 Å². The lowest BCUT2D eigenvalue weighted by atomic mass is 10.2. The predicted octanol–water partition coefficient (Wildman–Crippen LogP) is 2.05. The number of aliphatic carboxylic acids is 1. The Bertz CT molecular complexity index is 451. The Kier molecular flexibility index (Phi) is 3.55. The van der Waals surface area contributed by atoms with Crippen LogP contribution in [0.3, 0.4) is 0 Å². The van der Waals surface area contributed by atoms with Crippen molar-refractivity contribution in [3.8, 4) is 0 Å². The minimum atomic E-state index is -0.701. The molecule has 1 aromatic heterocycles. The van der Waals surface area contributed by atoms with Crippen molar-refractivity contribution in [2.75, 3.05) is 6.54 Å². The molecule has 1 aliphatic heterocycles. The largest absolute Gasteiger partial charge is 0.480 e. The van der Waals surface area contributed by atoms with Gasteiger partial charge in [-0.1, -0.05) is 12.8 Å². The number of carboxylic acids is 1. The number of aromatic nitrogens is 2. The van der Waals surface area contributed by atoms with Crippen LogP contribution in [0.15, 0.2) is 12.3 Å². The molecule has 1 N–H and O–H groups in total. The average Bonchev–Trinajstić information content (AvgIpc) is 3.09. The van der Waals surface area contributed by atoms with Gasteiger partial charge in [-0.25, -0.2) is 0 Å². The first-order chi connectivity index (χ1) is 9.24. The van der Waals surface area contributed by atoms with Crippen LogP contribution in [0.2, 0.25) is 0 Å². The van der Waals surface area contributed by atoms with E-state index in [4.69, 9.17) is 0 Å². The Morgan fingerprint density at radius 3 is 2.84 bits per heavy atom. The summed E-state index contributed by atoms with van der Waals surface area (Å²) >= 11 is 0. The maximum Gasteiger partial charge on any atom is 0.320 e. The van der Waals surface area contributed by atoms with Gasteiger partial charge in [-0.2, -0.15) is 5.10 Å². The van der Waals surface area contributed by atoms with Crippen molar-refractivity contribution >= 4 is 5.97 Å². The fourth-order valence-electron chi connectivity index (χ4n) is 3.34. The van der Waals surface area contributed by atoms with Gasteiger partial charge in [-0.3, -0.25) is 14.4 Å². The summed E-state index contributed by atoms with van der Waals surface area (Å²) < 4.78 is 2.08. The van der Waals surface area contributed by atoms with Crippen LogP contribution in [-0.2, 0) is 11.3 Å². The molecule has 1 aromatic rings. The third kappa shape index (κ3) is 2.66. The third-order valence-corrected chi connectivity index (χ3v) is 4.38. The summed E-state index contributed by atoms with van der Waals surface area (Å²) in [5.41, 5.74) is 1.00. The molecule has 1 atom stereocenters. The number of hydrogen-bond acceptors (Lipinski definition) is 3. The highest BCUT2D eigenvalue weighted by Crippen LogP contribution is 2.29. The second-order valence-corrected chi connectivity index (χ2v) is 5.69. The smallest absolute Gasteiger partial charge is 0.320 e. The molecule has 2 heterocycles. The molecule has 1 aliphatic carbocycles. The summed E-state index contributed by atoms with van der Waals surface area (Å²) in [6, 6.07) is 2.27. The summed E-state index contributed by atoms with van der Waals surface area (Å²) in [7, 11) is 0. The van der Waals surface area contributed by atoms with Crippen LogP contribution in [0.25, 0.3) is 0 Å². The molecular formula is C14H21N3O2. The van der Waals surface area contributed by atoms with Gasteiger partial charge in [0.1, 0.15) is 6.04 Å². The van der Waals surface area contributed by atoms with Crippen LogP contribution in [-0.4, -0.2) is 38.3 Å². The van der Waals surface area contributed by atoms with Crippen molar-refractivity contribution < 1.29 is 9.90 Å². The second kappa shape index (κ2) is 5.33. The summed E-state index contributed by atoms with van der Waals surface area (Å²) in [4.78, 5) is 13.2. The van der Waals surface area contributed by atoms with E-state index in [1.54, 1.807) is 0 Å². The molecule has 5 nitrogen and oxygen atoms in total. The van der Waals surface area contributed by atoms with Crippen LogP contribution in [0.4, 0.5) is 0 Å². The SMILES string of the molecule is O=C(O)C1CCCN1Cc1ccn(C2CCCC2)n1. The number of carbonyl (C=O) groups is 1. The van der Waals surface area contributed by atoms with Gasteiger partial charge in [0.25, 0.3) is 0 Å². The van der Waals surface area contributed by atoms with Gasteiger partial charge in [0.15, 0.2) is 0 Å². The van der Waals surface area contributed by atoms with E-state index in [0.29, 0.717) is 12.6 Å². The summed E-state index contributed by atoms with van der Waals surface area (Å²) in [5.74, 6) is -0.701. The van der Waals surface area contributed by atoms with Crippen molar-refractivity contribution in [2.24, 2.45) is 0 Å². The van der Waals surface area contributed by atoms with Crippen molar-refractivity contribution in [1.29, 1.82) is 0 Å². The normalized spacial score (nSPS) is 25.2. The summed E-state index contributed by atoms with van der Waals surface area (Å²) in [5, 5.41) is 13.8. The third-order valence-electron chi connectivity index (χ3n) is 4.38. The number of likely N-dealkylation sites (tertiary alicyclic amines) is 1. The molecule has 1 saturated carbocycles. The highest BCUT2D eigenvalue weighted by atomic mass is 16.4. The molecule has 0 spiro atoms. The molecule has 2 aliphatic rings. The maximum atomic E-state index is 11.1. The maximum absolute atomic E-state index is 11.1. The average molecular weight is 263 g/mol. The molecule has 0 amide bonds. The Morgan fingerprint density at radius 1 is 1.32 bits per heavy atom. The van der Waals surface area contributed by atoms with Gasteiger partial charge >= 0.3 is 5.97 Å². The Hall–Kier alpha value is -1.36. The molecule has 0 bridgehead atoms. The lowest BCUT2D eigenvalue weighted by Gasteiger charge is -2.19. The van der Waals surface area contributed by atoms with Crippen molar-refractivity contribution in [2.45, 2.75) is 57.2 Å². The predicted molar refractivity (Wildman–Crippen MR) is 70.8 cm³/mol. The van der Waals surface area contributed by atoms with Crippen LogP contribution in [0.5, 0.6) is 0 Å². The Labute approximate surface area is 113 Å². The van der Waals surface area contributed by atoms with E-state index in [0.717, 1.165) is 25.1 Å². The molecule has 0 aromatic carbocycles. The van der Waals surface area contributed by atoms with E-state index in [2.05, 4.69) is 16.0 Å². The van der Waals surface area contributed by atoms with E-state index in [-0.39, 0.29) is 6.04 Å². The van der Waals surface area contributed by atoms with Gasteiger partial charge in [-0.05, 0) is 38.3 Å². The fourth-order valence-corrected chi connectivity index (χ4v) is 3.34. The minimum Gasteiger partial charge on any atom is -0.480 e. The first-order valence-electron chi connectivity index (χ1n) is 7.25. The summed E-state index contributed by atoms with van der Waals surface area (Å²) in [6.45, 7) is 1.53. The van der Waals surface area contributed by atoms with E-state index < -0.39 is 5.97 Å². The van der Waals surface area contributed by atoms with Crippen molar-refractivity contribution in [3.05, 3.63) is 18.0 Å². The van der Waals surface area contributed by atoms with E-state index in [1.807, 2.05) is 11.0 Å². The zero-order valence-corrected chi connectivity index (χ0v) is 11.2. The molecule has 5 heteroatoms. The van der Waals surface area contributed by atoms with Crippen LogP contribution < -0.4 is 0 Å². The molecule has 3 rings (SSSR count). The van der Waals surface area contributed by atoms with Crippen molar-refractivity contribution in [1.82, 2.24) is 14.7 Å². The number of carboxylic acid groups (broad SMARTS) is 1. The lowest BCUT2D eigenvalue weighted by molar-refractivity contribution is -0.142. The van der Waals surface area contributed by atoms with E-state index >= 15 is 0 Å². The quantitative estimate of drug-likeness (QED) is 0.903. The highest BCUT2D eigenvalue weighted by molar-refractivity contribution is 5.73. The van der Waals surface area contributed by atoms with Crippen molar-refractivity contribution in [3.63, 3.8) is 0 Å². The van der Waals surface area contributed by atoms with Gasteiger partial charge in [-0.15, -0.1) is 0 Å². The monoisotopic (exact) mass is 263 g/mol. The van der Waals surface area contributed by atoms with Gasteiger partial charge in [0.05, 0.1) is 11.7 Å². The Morgan fingerprint density at radius 2 is 2.11 bits per heavy atom. The van der Waals surface area contributed by atoms with Gasteiger partial charge < -0.3 is 5.11 Å². The molecule has 19 heavy (non-hydrogen) atoms. The molecule has 0 radical (unpaired) electrons. The lowest BCUT2D eigenvalue weighted by Crippen LogP contribution is -2.35. The zero-order chi connectivity index (χ0) is 13.2. The Balaban J connectivity index is 1.65. The highest BCUT2D eigenvalue weighted by Gasteiger charge is 2.30. The molecule has 2 fully saturated rings. The molecule has 104 valence electrons. The number of rotatable bonds is 4. The molecular weight excluding hydrogens is 242 g/mol. The van der Waals surface area contributed by atoms with E-state index in [9.17, 15) is 9.90 Å². The minimum absolute atomic E-state index is 0.323.